The lowest BCUT2D eigenvalue weighted by atomic mass is 10.2. The minimum atomic E-state index is -3.56. The second-order valence-corrected chi connectivity index (χ2v) is 10.5. The number of hydrogen-bond acceptors (Lipinski definition) is 6. The van der Waals surface area contributed by atoms with Gasteiger partial charge in [0.15, 0.2) is 0 Å². The third-order valence-electron chi connectivity index (χ3n) is 4.85. The zero-order valence-electron chi connectivity index (χ0n) is 17.3. The van der Waals surface area contributed by atoms with E-state index in [0.717, 1.165) is 37.4 Å². The van der Waals surface area contributed by atoms with Gasteiger partial charge < -0.3 is 5.32 Å². The molecule has 2 N–H and O–H groups in total. The van der Waals surface area contributed by atoms with Crippen LogP contribution in [0.15, 0.2) is 58.6 Å². The van der Waals surface area contributed by atoms with Gasteiger partial charge in [0.2, 0.25) is 15.9 Å². The number of pyridine rings is 1. The van der Waals surface area contributed by atoms with Crippen LogP contribution in [0.1, 0.15) is 32.6 Å². The van der Waals surface area contributed by atoms with Gasteiger partial charge in [0.1, 0.15) is 4.90 Å². The smallest absolute Gasteiger partial charge is 0.308 e. The molecule has 1 saturated heterocycles. The Morgan fingerprint density at radius 3 is 2.32 bits per heavy atom. The van der Waals surface area contributed by atoms with E-state index < -0.39 is 27.2 Å². The number of rotatable bonds is 6. The molecule has 2 heterocycles. The van der Waals surface area contributed by atoms with Crippen LogP contribution in [-0.4, -0.2) is 48.0 Å². The number of amides is 3. The summed E-state index contributed by atoms with van der Waals surface area (Å²) in [6, 6.07) is 11.3. The Hall–Kier alpha value is -2.43. The molecular formula is C21H26N4O4S2. The molecule has 1 aliphatic rings. The minimum absolute atomic E-state index is 0.151. The van der Waals surface area contributed by atoms with E-state index in [1.807, 2.05) is 6.07 Å². The maximum absolute atomic E-state index is 12.8. The predicted octanol–water partition coefficient (Wildman–Crippen LogP) is 3.48. The summed E-state index contributed by atoms with van der Waals surface area (Å²) in [5.74, 6) is -0.471. The highest BCUT2D eigenvalue weighted by Gasteiger charge is 2.26. The Labute approximate surface area is 186 Å². The van der Waals surface area contributed by atoms with E-state index in [1.165, 1.54) is 16.6 Å². The number of anilines is 1. The molecule has 2 aromatic rings. The summed E-state index contributed by atoms with van der Waals surface area (Å²) in [5.41, 5.74) is 0.580. The summed E-state index contributed by atoms with van der Waals surface area (Å²) in [6.45, 7) is 2.71. The van der Waals surface area contributed by atoms with Crippen molar-refractivity contribution in [2.45, 2.75) is 47.8 Å². The maximum atomic E-state index is 12.8. The molecule has 1 unspecified atom stereocenters. The van der Waals surface area contributed by atoms with Gasteiger partial charge in [-0.15, -0.1) is 0 Å². The molecule has 10 heteroatoms. The third-order valence-corrected chi connectivity index (χ3v) is 7.78. The molecule has 8 nitrogen and oxygen atoms in total. The van der Waals surface area contributed by atoms with E-state index in [2.05, 4.69) is 15.6 Å². The second-order valence-electron chi connectivity index (χ2n) is 7.22. The second kappa shape index (κ2) is 10.7. The third kappa shape index (κ3) is 6.52. The highest BCUT2D eigenvalue weighted by atomic mass is 32.2. The van der Waals surface area contributed by atoms with Crippen molar-refractivity contribution in [3.05, 3.63) is 48.7 Å². The van der Waals surface area contributed by atoms with E-state index in [-0.39, 0.29) is 4.90 Å². The molecule has 3 amide bonds. The van der Waals surface area contributed by atoms with Gasteiger partial charge in [-0.25, -0.2) is 18.2 Å². The van der Waals surface area contributed by atoms with Crippen LogP contribution < -0.4 is 10.6 Å². The summed E-state index contributed by atoms with van der Waals surface area (Å²) in [4.78, 5) is 28.6. The molecule has 1 aromatic heterocycles. The zero-order chi connectivity index (χ0) is 22.3. The van der Waals surface area contributed by atoms with E-state index in [9.17, 15) is 18.0 Å². The van der Waals surface area contributed by atoms with Gasteiger partial charge in [0.25, 0.3) is 0 Å². The van der Waals surface area contributed by atoms with Crippen molar-refractivity contribution < 1.29 is 18.0 Å². The molecule has 166 valence electrons. The molecule has 0 bridgehead atoms. The number of thioether (sulfide) groups is 1. The van der Waals surface area contributed by atoms with Crippen molar-refractivity contribution in [1.29, 1.82) is 0 Å². The molecule has 1 fully saturated rings. The fourth-order valence-corrected chi connectivity index (χ4v) is 5.40. The van der Waals surface area contributed by atoms with Crippen LogP contribution in [0.2, 0.25) is 0 Å². The van der Waals surface area contributed by atoms with E-state index in [4.69, 9.17) is 0 Å². The Bertz CT molecular complexity index is 990. The normalized spacial score (nSPS) is 16.2. The van der Waals surface area contributed by atoms with Crippen LogP contribution in [0, 0.1) is 0 Å². The average molecular weight is 463 g/mol. The standard InChI is InChI=1S/C21H26N4O4S2/c1-16(20(26)24-21(27)23-17-9-5-4-6-10-17)30-19-12-11-18(15-22-19)31(28,29)25-13-7-2-3-8-14-25/h4-6,9-12,15-16H,2-3,7-8,13-14H2,1H3,(H2,23,24,26,27). The number of sulfonamides is 1. The largest absolute Gasteiger partial charge is 0.325 e. The summed E-state index contributed by atoms with van der Waals surface area (Å²) >= 11 is 1.15. The average Bonchev–Trinajstić information content (AvgIpc) is 3.05. The number of nitrogens with zero attached hydrogens (tertiary/aromatic N) is 2. The first-order valence-electron chi connectivity index (χ1n) is 10.2. The lowest BCUT2D eigenvalue weighted by Crippen LogP contribution is -2.38. The Morgan fingerprint density at radius 2 is 1.71 bits per heavy atom. The van der Waals surface area contributed by atoms with Gasteiger partial charge >= 0.3 is 6.03 Å². The van der Waals surface area contributed by atoms with Crippen molar-refractivity contribution in [3.8, 4) is 0 Å². The topological polar surface area (TPSA) is 108 Å². The molecule has 31 heavy (non-hydrogen) atoms. The number of benzene rings is 1. The van der Waals surface area contributed by atoms with Crippen LogP contribution in [0.5, 0.6) is 0 Å². The molecule has 0 aliphatic carbocycles. The monoisotopic (exact) mass is 462 g/mol. The van der Waals surface area contributed by atoms with Crippen LogP contribution in [0.3, 0.4) is 0 Å². The first kappa shape index (κ1) is 23.2. The number of imide groups is 1. The Morgan fingerprint density at radius 1 is 1.03 bits per heavy atom. The van der Waals surface area contributed by atoms with E-state index in [0.29, 0.717) is 23.8 Å². The molecule has 1 atom stereocenters. The summed E-state index contributed by atoms with van der Waals surface area (Å²) in [6.07, 6.45) is 5.15. The first-order valence-corrected chi connectivity index (χ1v) is 12.5. The van der Waals surface area contributed by atoms with Gasteiger partial charge in [-0.1, -0.05) is 42.8 Å². The molecule has 1 aliphatic heterocycles. The highest BCUT2D eigenvalue weighted by Crippen LogP contribution is 2.24. The van der Waals surface area contributed by atoms with Crippen LogP contribution >= 0.6 is 11.8 Å². The van der Waals surface area contributed by atoms with Crippen LogP contribution in [-0.2, 0) is 14.8 Å². The molecule has 1 aromatic carbocycles. The van der Waals surface area contributed by atoms with E-state index in [1.54, 1.807) is 37.3 Å². The summed E-state index contributed by atoms with van der Waals surface area (Å²) in [7, 11) is -3.56. The number of nitrogens with one attached hydrogen (secondary N) is 2. The van der Waals surface area contributed by atoms with Gasteiger partial charge in [-0.05, 0) is 44.0 Å². The molecule has 0 saturated carbocycles. The quantitative estimate of drug-likeness (QED) is 0.637. The number of urea groups is 1. The van der Waals surface area contributed by atoms with Crippen molar-refractivity contribution in [1.82, 2.24) is 14.6 Å². The maximum Gasteiger partial charge on any atom is 0.325 e. The van der Waals surface area contributed by atoms with Crippen LogP contribution in [0.4, 0.5) is 10.5 Å². The summed E-state index contributed by atoms with van der Waals surface area (Å²) < 4.78 is 27.2. The van der Waals surface area contributed by atoms with Gasteiger partial charge in [0, 0.05) is 25.0 Å². The van der Waals surface area contributed by atoms with E-state index >= 15 is 0 Å². The predicted molar refractivity (Wildman–Crippen MR) is 120 cm³/mol. The fourth-order valence-electron chi connectivity index (χ4n) is 3.15. The van der Waals surface area contributed by atoms with Gasteiger partial charge in [-0.3, -0.25) is 10.1 Å². The van der Waals surface area contributed by atoms with Crippen molar-refractivity contribution in [3.63, 3.8) is 0 Å². The number of para-hydroxylation sites is 1. The summed E-state index contributed by atoms with van der Waals surface area (Å²) in [5, 5.41) is 4.78. The van der Waals surface area contributed by atoms with Crippen LogP contribution in [0.25, 0.3) is 0 Å². The zero-order valence-corrected chi connectivity index (χ0v) is 18.9. The highest BCUT2D eigenvalue weighted by molar-refractivity contribution is 8.00. The Kier molecular flexibility index (Phi) is 8.05. The lowest BCUT2D eigenvalue weighted by molar-refractivity contribution is -0.119. The number of carbonyl (C=O) groups is 2. The molecule has 0 spiro atoms. The molecule has 0 radical (unpaired) electrons. The SMILES string of the molecule is CC(Sc1ccc(S(=O)(=O)N2CCCCCC2)cn1)C(=O)NC(=O)Nc1ccccc1. The Balaban J connectivity index is 1.56. The minimum Gasteiger partial charge on any atom is -0.308 e. The van der Waals surface area contributed by atoms with Crippen molar-refractivity contribution in [2.24, 2.45) is 0 Å². The van der Waals surface area contributed by atoms with Crippen molar-refractivity contribution >= 4 is 39.4 Å². The molecule has 3 rings (SSSR count). The number of carbonyl (C=O) groups excluding carboxylic acids is 2. The van der Waals surface area contributed by atoms with Crippen molar-refractivity contribution in [2.75, 3.05) is 18.4 Å². The lowest BCUT2D eigenvalue weighted by Gasteiger charge is -2.19. The number of aromatic nitrogens is 1. The van der Waals surface area contributed by atoms with Gasteiger partial charge in [-0.2, -0.15) is 4.31 Å². The fraction of sp³-hybridized carbons (Fsp3) is 0.381. The number of hydrogen-bond donors (Lipinski definition) is 2. The molecular weight excluding hydrogens is 436 g/mol. The van der Waals surface area contributed by atoms with Gasteiger partial charge in [0.05, 0.1) is 10.3 Å². The first-order chi connectivity index (χ1) is 14.9.